The van der Waals surface area contributed by atoms with Crippen LogP contribution in [0.3, 0.4) is 0 Å². The van der Waals surface area contributed by atoms with Gasteiger partial charge in [0.15, 0.2) is 0 Å². The summed E-state index contributed by atoms with van der Waals surface area (Å²) in [5.41, 5.74) is 1.60. The molecule has 0 N–H and O–H groups in total. The van der Waals surface area contributed by atoms with Crippen LogP contribution in [0, 0.1) is 0 Å². The van der Waals surface area contributed by atoms with E-state index >= 15 is 0 Å². The summed E-state index contributed by atoms with van der Waals surface area (Å²) in [6, 6.07) is 7.67. The summed E-state index contributed by atoms with van der Waals surface area (Å²) in [4.78, 5) is 8.25. The van der Waals surface area contributed by atoms with Crippen LogP contribution in [-0.4, -0.2) is 31.3 Å². The fourth-order valence-corrected chi connectivity index (χ4v) is 1.60. The molecule has 0 fully saturated rings. The van der Waals surface area contributed by atoms with Crippen molar-refractivity contribution in [1.82, 2.24) is 9.97 Å². The molecular formula is C13H14N2O3. The number of rotatable bonds is 4. The Morgan fingerprint density at radius 2 is 1.78 bits per heavy atom. The lowest BCUT2D eigenvalue weighted by Crippen LogP contribution is -1.95. The number of hydrogen-bond donors (Lipinski definition) is 0. The largest absolute Gasteiger partial charge is 0.497 e. The van der Waals surface area contributed by atoms with E-state index in [0.717, 1.165) is 17.0 Å². The summed E-state index contributed by atoms with van der Waals surface area (Å²) in [6.45, 7) is 0. The highest BCUT2D eigenvalue weighted by Gasteiger charge is 2.09. The Bertz CT molecular complexity index is 544. The normalized spacial score (nSPS) is 9.94. The fraction of sp³-hybridized carbons (Fsp3) is 0.231. The zero-order valence-electron chi connectivity index (χ0n) is 10.5. The molecule has 94 valence electrons. The maximum atomic E-state index is 5.33. The molecule has 0 aliphatic rings. The second-order valence-corrected chi connectivity index (χ2v) is 3.49. The van der Waals surface area contributed by atoms with Crippen molar-refractivity contribution in [2.24, 2.45) is 0 Å². The lowest BCUT2D eigenvalue weighted by atomic mass is 10.1. The zero-order chi connectivity index (χ0) is 13.0. The van der Waals surface area contributed by atoms with Gasteiger partial charge in [0.1, 0.15) is 11.5 Å². The van der Waals surface area contributed by atoms with E-state index in [1.165, 1.54) is 7.11 Å². The van der Waals surface area contributed by atoms with Crippen LogP contribution in [0.5, 0.6) is 17.5 Å². The fourth-order valence-electron chi connectivity index (χ4n) is 1.60. The van der Waals surface area contributed by atoms with Crippen LogP contribution in [0.2, 0.25) is 0 Å². The molecule has 0 spiro atoms. The zero-order valence-corrected chi connectivity index (χ0v) is 10.5. The van der Waals surface area contributed by atoms with E-state index in [9.17, 15) is 0 Å². The third kappa shape index (κ3) is 2.34. The summed E-state index contributed by atoms with van der Waals surface area (Å²) >= 11 is 0. The van der Waals surface area contributed by atoms with Crippen LogP contribution in [0.1, 0.15) is 0 Å². The van der Waals surface area contributed by atoms with Gasteiger partial charge in [0.05, 0.1) is 27.0 Å². The molecule has 2 aromatic rings. The lowest BCUT2D eigenvalue weighted by molar-refractivity contribution is 0.380. The average Bonchev–Trinajstić information content (AvgIpc) is 2.46. The third-order valence-electron chi connectivity index (χ3n) is 2.50. The smallest absolute Gasteiger partial charge is 0.316 e. The molecule has 0 aliphatic carbocycles. The van der Waals surface area contributed by atoms with Crippen molar-refractivity contribution in [3.8, 4) is 28.8 Å². The summed E-state index contributed by atoms with van der Waals surface area (Å²) in [5.74, 6) is 1.42. The predicted octanol–water partition coefficient (Wildman–Crippen LogP) is 2.17. The molecule has 1 aromatic heterocycles. The Hall–Kier alpha value is -2.30. The second-order valence-electron chi connectivity index (χ2n) is 3.49. The maximum Gasteiger partial charge on any atom is 0.316 e. The Balaban J connectivity index is 2.48. The highest BCUT2D eigenvalue weighted by atomic mass is 16.5. The molecule has 5 heteroatoms. The first kappa shape index (κ1) is 12.2. The molecule has 2 rings (SSSR count). The van der Waals surface area contributed by atoms with Gasteiger partial charge in [0, 0.05) is 17.8 Å². The Morgan fingerprint density at radius 1 is 0.944 bits per heavy atom. The van der Waals surface area contributed by atoms with Gasteiger partial charge < -0.3 is 14.2 Å². The van der Waals surface area contributed by atoms with Crippen LogP contribution < -0.4 is 14.2 Å². The van der Waals surface area contributed by atoms with Crippen LogP contribution >= 0.6 is 0 Å². The van der Waals surface area contributed by atoms with E-state index in [1.807, 2.05) is 18.2 Å². The van der Waals surface area contributed by atoms with Gasteiger partial charge in [0.25, 0.3) is 0 Å². The summed E-state index contributed by atoms with van der Waals surface area (Å²) in [5, 5.41) is 0. The molecule has 1 aromatic carbocycles. The first-order chi connectivity index (χ1) is 8.78. The Kier molecular flexibility index (Phi) is 3.62. The standard InChI is InChI=1S/C13H14N2O3/c1-16-9-4-5-10(12(8-9)17-2)11-6-7-14-13(15-11)18-3/h4-8H,1-3H3. The van der Waals surface area contributed by atoms with Gasteiger partial charge in [-0.1, -0.05) is 0 Å². The van der Waals surface area contributed by atoms with Gasteiger partial charge in [-0.05, 0) is 18.2 Å². The molecule has 18 heavy (non-hydrogen) atoms. The lowest BCUT2D eigenvalue weighted by Gasteiger charge is -2.10. The summed E-state index contributed by atoms with van der Waals surface area (Å²) < 4.78 is 15.5. The molecular weight excluding hydrogens is 232 g/mol. The van der Waals surface area contributed by atoms with Crippen LogP contribution in [0.25, 0.3) is 11.3 Å². The van der Waals surface area contributed by atoms with Crippen molar-refractivity contribution >= 4 is 0 Å². The SMILES string of the molecule is COc1ccc(-c2ccnc(OC)n2)c(OC)c1. The molecule has 1 heterocycles. The van der Waals surface area contributed by atoms with E-state index < -0.39 is 0 Å². The average molecular weight is 246 g/mol. The van der Waals surface area contributed by atoms with E-state index in [2.05, 4.69) is 9.97 Å². The van der Waals surface area contributed by atoms with Crippen molar-refractivity contribution in [3.63, 3.8) is 0 Å². The Labute approximate surface area is 105 Å². The van der Waals surface area contributed by atoms with Crippen molar-refractivity contribution in [1.29, 1.82) is 0 Å². The molecule has 0 atom stereocenters. The van der Waals surface area contributed by atoms with E-state index in [0.29, 0.717) is 11.8 Å². The number of aromatic nitrogens is 2. The van der Waals surface area contributed by atoms with Gasteiger partial charge in [-0.3, -0.25) is 0 Å². The van der Waals surface area contributed by atoms with E-state index in [-0.39, 0.29) is 0 Å². The van der Waals surface area contributed by atoms with Gasteiger partial charge in [0.2, 0.25) is 0 Å². The van der Waals surface area contributed by atoms with Crippen molar-refractivity contribution < 1.29 is 14.2 Å². The van der Waals surface area contributed by atoms with Crippen molar-refractivity contribution in [2.45, 2.75) is 0 Å². The molecule has 0 amide bonds. The summed E-state index contributed by atoms with van der Waals surface area (Å²) in [6.07, 6.45) is 1.64. The second kappa shape index (κ2) is 5.35. The predicted molar refractivity (Wildman–Crippen MR) is 67.1 cm³/mol. The number of methoxy groups -OCH3 is 3. The Morgan fingerprint density at radius 3 is 2.44 bits per heavy atom. The van der Waals surface area contributed by atoms with Gasteiger partial charge in [-0.25, -0.2) is 4.98 Å². The van der Waals surface area contributed by atoms with E-state index in [4.69, 9.17) is 14.2 Å². The number of ether oxygens (including phenoxy) is 3. The van der Waals surface area contributed by atoms with Crippen LogP contribution in [0.4, 0.5) is 0 Å². The summed E-state index contributed by atoms with van der Waals surface area (Å²) in [7, 11) is 4.75. The molecule has 0 unspecified atom stereocenters. The molecule has 5 nitrogen and oxygen atoms in total. The molecule has 0 bridgehead atoms. The van der Waals surface area contributed by atoms with E-state index in [1.54, 1.807) is 26.5 Å². The number of hydrogen-bond acceptors (Lipinski definition) is 5. The van der Waals surface area contributed by atoms with Gasteiger partial charge in [-0.15, -0.1) is 0 Å². The first-order valence-electron chi connectivity index (χ1n) is 5.38. The minimum absolute atomic E-state index is 0.324. The monoisotopic (exact) mass is 246 g/mol. The number of benzene rings is 1. The van der Waals surface area contributed by atoms with Crippen LogP contribution in [-0.2, 0) is 0 Å². The topological polar surface area (TPSA) is 53.5 Å². The van der Waals surface area contributed by atoms with Crippen molar-refractivity contribution in [3.05, 3.63) is 30.5 Å². The molecule has 0 aliphatic heterocycles. The third-order valence-corrected chi connectivity index (χ3v) is 2.50. The molecule has 0 saturated carbocycles. The highest BCUT2D eigenvalue weighted by molar-refractivity contribution is 5.68. The van der Waals surface area contributed by atoms with Gasteiger partial charge in [-0.2, -0.15) is 4.98 Å². The van der Waals surface area contributed by atoms with Crippen molar-refractivity contribution in [2.75, 3.05) is 21.3 Å². The molecule has 0 radical (unpaired) electrons. The molecule has 0 saturated heterocycles. The van der Waals surface area contributed by atoms with Gasteiger partial charge >= 0.3 is 6.01 Å². The number of nitrogens with zero attached hydrogens (tertiary/aromatic N) is 2. The van der Waals surface area contributed by atoms with Crippen LogP contribution in [0.15, 0.2) is 30.5 Å². The maximum absolute atomic E-state index is 5.33. The minimum Gasteiger partial charge on any atom is -0.497 e. The highest BCUT2D eigenvalue weighted by Crippen LogP contribution is 2.32. The quantitative estimate of drug-likeness (QED) is 0.827. The minimum atomic E-state index is 0.324. The first-order valence-corrected chi connectivity index (χ1v) is 5.38.